The Bertz CT molecular complexity index is 731. The summed E-state index contributed by atoms with van der Waals surface area (Å²) >= 11 is 0. The Balaban J connectivity index is 2.38. The van der Waals surface area contributed by atoms with Gasteiger partial charge in [-0.1, -0.05) is 32.9 Å². The molecule has 1 aromatic heterocycles. The molecular formula is C21H28N2O2. The van der Waals surface area contributed by atoms with Gasteiger partial charge in [0.25, 0.3) is 0 Å². The molecule has 0 saturated carbocycles. The smallest absolute Gasteiger partial charge is 0.339 e. The first-order valence-corrected chi connectivity index (χ1v) is 8.79. The summed E-state index contributed by atoms with van der Waals surface area (Å²) in [6, 6.07) is 10.2. The van der Waals surface area contributed by atoms with E-state index in [1.165, 1.54) is 11.1 Å². The van der Waals surface area contributed by atoms with Gasteiger partial charge in [0.15, 0.2) is 0 Å². The van der Waals surface area contributed by atoms with Gasteiger partial charge in [0.05, 0.1) is 12.2 Å². The number of aryl methyl sites for hydroxylation is 1. The summed E-state index contributed by atoms with van der Waals surface area (Å²) in [5.41, 5.74) is 4.19. The van der Waals surface area contributed by atoms with Gasteiger partial charge < -0.3 is 9.64 Å². The molecule has 0 aliphatic heterocycles. The van der Waals surface area contributed by atoms with E-state index >= 15 is 0 Å². The molecule has 1 aromatic carbocycles. The molecule has 0 amide bonds. The number of ether oxygens (including phenoxy) is 1. The lowest BCUT2D eigenvalue weighted by Gasteiger charge is -2.27. The molecule has 2 aromatic rings. The standard InChI is InChI=1S/C21H28N2O2/c1-7-23(18-13-17(21(4,5)6)11-9-15(18)3)19-12-10-16(14-22-19)20(24)25-8-2/h9-14H,7-8H2,1-6H3. The van der Waals surface area contributed by atoms with E-state index in [1.54, 1.807) is 19.2 Å². The maximum atomic E-state index is 11.8. The molecule has 0 N–H and O–H groups in total. The Hall–Kier alpha value is -2.36. The van der Waals surface area contributed by atoms with Crippen molar-refractivity contribution in [1.82, 2.24) is 4.98 Å². The van der Waals surface area contributed by atoms with E-state index in [0.29, 0.717) is 12.2 Å². The third-order valence-electron chi connectivity index (χ3n) is 4.22. The van der Waals surface area contributed by atoms with Crippen LogP contribution >= 0.6 is 0 Å². The van der Waals surface area contributed by atoms with Crippen molar-refractivity contribution in [3.63, 3.8) is 0 Å². The molecule has 0 spiro atoms. The minimum Gasteiger partial charge on any atom is -0.462 e. The second kappa shape index (κ2) is 7.68. The third kappa shape index (κ3) is 4.38. The molecule has 1 heterocycles. The van der Waals surface area contributed by atoms with E-state index in [9.17, 15) is 4.79 Å². The molecule has 0 aliphatic rings. The van der Waals surface area contributed by atoms with Crippen molar-refractivity contribution in [2.45, 2.75) is 47.0 Å². The van der Waals surface area contributed by atoms with Crippen molar-refractivity contribution in [3.8, 4) is 0 Å². The van der Waals surface area contributed by atoms with Gasteiger partial charge in [0, 0.05) is 18.4 Å². The van der Waals surface area contributed by atoms with Crippen LogP contribution in [0.15, 0.2) is 36.5 Å². The predicted octanol–water partition coefficient (Wildman–Crippen LogP) is 5.02. The van der Waals surface area contributed by atoms with Crippen LogP contribution < -0.4 is 4.90 Å². The van der Waals surface area contributed by atoms with Crippen LogP contribution in [0.5, 0.6) is 0 Å². The molecule has 0 atom stereocenters. The van der Waals surface area contributed by atoms with E-state index < -0.39 is 0 Å². The molecule has 4 heteroatoms. The lowest BCUT2D eigenvalue weighted by Crippen LogP contribution is -2.20. The molecule has 0 aliphatic carbocycles. The monoisotopic (exact) mass is 340 g/mol. The SMILES string of the molecule is CCOC(=O)c1ccc(N(CC)c2cc(C(C)(C)C)ccc2C)nc1. The summed E-state index contributed by atoms with van der Waals surface area (Å²) in [5, 5.41) is 0. The Morgan fingerprint density at radius 2 is 1.88 bits per heavy atom. The highest BCUT2D eigenvalue weighted by Gasteiger charge is 2.18. The van der Waals surface area contributed by atoms with E-state index in [0.717, 1.165) is 18.1 Å². The molecule has 0 unspecified atom stereocenters. The van der Waals surface area contributed by atoms with E-state index in [1.807, 2.05) is 6.07 Å². The van der Waals surface area contributed by atoms with Crippen LogP contribution in [0.3, 0.4) is 0 Å². The fourth-order valence-electron chi connectivity index (χ4n) is 2.70. The van der Waals surface area contributed by atoms with Gasteiger partial charge in [-0.2, -0.15) is 0 Å². The van der Waals surface area contributed by atoms with Crippen molar-refractivity contribution in [2.75, 3.05) is 18.1 Å². The zero-order chi connectivity index (χ0) is 18.6. The van der Waals surface area contributed by atoms with Gasteiger partial charge >= 0.3 is 5.97 Å². The summed E-state index contributed by atoms with van der Waals surface area (Å²) in [6.45, 7) is 13.8. The van der Waals surface area contributed by atoms with Gasteiger partial charge in [-0.25, -0.2) is 9.78 Å². The number of carbonyl (C=O) groups is 1. The van der Waals surface area contributed by atoms with Crippen LogP contribution in [0, 0.1) is 6.92 Å². The normalized spacial score (nSPS) is 11.3. The number of anilines is 2. The maximum Gasteiger partial charge on any atom is 0.339 e. The summed E-state index contributed by atoms with van der Waals surface area (Å²) < 4.78 is 5.02. The molecular weight excluding hydrogens is 312 g/mol. The number of benzene rings is 1. The topological polar surface area (TPSA) is 42.4 Å². The highest BCUT2D eigenvalue weighted by molar-refractivity contribution is 5.89. The molecule has 0 radical (unpaired) electrons. The zero-order valence-corrected chi connectivity index (χ0v) is 16.1. The van der Waals surface area contributed by atoms with Crippen molar-refractivity contribution < 1.29 is 9.53 Å². The Morgan fingerprint density at radius 1 is 1.16 bits per heavy atom. The summed E-state index contributed by atoms with van der Waals surface area (Å²) in [7, 11) is 0. The molecule has 2 rings (SSSR count). The van der Waals surface area contributed by atoms with Crippen LogP contribution in [0.4, 0.5) is 11.5 Å². The van der Waals surface area contributed by atoms with Crippen LogP contribution in [-0.2, 0) is 10.2 Å². The number of nitrogens with zero attached hydrogens (tertiary/aromatic N) is 2. The fraction of sp³-hybridized carbons (Fsp3) is 0.429. The van der Waals surface area contributed by atoms with Crippen LogP contribution in [0.1, 0.15) is 56.1 Å². The summed E-state index contributed by atoms with van der Waals surface area (Å²) in [5.74, 6) is 0.486. The summed E-state index contributed by atoms with van der Waals surface area (Å²) in [4.78, 5) is 18.5. The molecule has 0 bridgehead atoms. The first-order chi connectivity index (χ1) is 11.8. The number of hydrogen-bond donors (Lipinski definition) is 0. The molecule has 0 saturated heterocycles. The van der Waals surface area contributed by atoms with Gasteiger partial charge in [-0.15, -0.1) is 0 Å². The Kier molecular flexibility index (Phi) is 5.83. The minimum absolute atomic E-state index is 0.0864. The number of rotatable bonds is 5. The van der Waals surface area contributed by atoms with Crippen molar-refractivity contribution in [2.24, 2.45) is 0 Å². The Morgan fingerprint density at radius 3 is 2.40 bits per heavy atom. The number of esters is 1. The fourth-order valence-corrected chi connectivity index (χ4v) is 2.70. The maximum absolute atomic E-state index is 11.8. The minimum atomic E-state index is -0.337. The van der Waals surface area contributed by atoms with Crippen molar-refractivity contribution in [3.05, 3.63) is 53.2 Å². The van der Waals surface area contributed by atoms with Gasteiger partial charge in [0.2, 0.25) is 0 Å². The average Bonchev–Trinajstić information content (AvgIpc) is 2.57. The van der Waals surface area contributed by atoms with Crippen LogP contribution in [0.2, 0.25) is 0 Å². The summed E-state index contributed by atoms with van der Waals surface area (Å²) in [6.07, 6.45) is 1.58. The van der Waals surface area contributed by atoms with Gasteiger partial charge in [-0.3, -0.25) is 0 Å². The number of pyridine rings is 1. The number of hydrogen-bond acceptors (Lipinski definition) is 4. The first-order valence-electron chi connectivity index (χ1n) is 8.79. The molecule has 0 fully saturated rings. The van der Waals surface area contributed by atoms with E-state index in [-0.39, 0.29) is 11.4 Å². The highest BCUT2D eigenvalue weighted by Crippen LogP contribution is 2.32. The predicted molar refractivity (Wildman–Crippen MR) is 103 cm³/mol. The highest BCUT2D eigenvalue weighted by atomic mass is 16.5. The second-order valence-electron chi connectivity index (χ2n) is 7.12. The quantitative estimate of drug-likeness (QED) is 0.717. The molecule has 4 nitrogen and oxygen atoms in total. The lowest BCUT2D eigenvalue weighted by atomic mass is 9.86. The van der Waals surface area contributed by atoms with Crippen LogP contribution in [0.25, 0.3) is 0 Å². The number of carbonyl (C=O) groups excluding carboxylic acids is 1. The second-order valence-corrected chi connectivity index (χ2v) is 7.12. The Labute approximate surface area is 150 Å². The van der Waals surface area contributed by atoms with Crippen molar-refractivity contribution in [1.29, 1.82) is 0 Å². The lowest BCUT2D eigenvalue weighted by molar-refractivity contribution is 0.0526. The first kappa shape index (κ1) is 19.0. The third-order valence-corrected chi connectivity index (χ3v) is 4.22. The largest absolute Gasteiger partial charge is 0.462 e. The van der Waals surface area contributed by atoms with Crippen molar-refractivity contribution >= 4 is 17.5 Å². The zero-order valence-electron chi connectivity index (χ0n) is 16.1. The average molecular weight is 340 g/mol. The number of aromatic nitrogens is 1. The molecule has 25 heavy (non-hydrogen) atoms. The van der Waals surface area contributed by atoms with Gasteiger partial charge in [0.1, 0.15) is 5.82 Å². The molecule has 134 valence electrons. The van der Waals surface area contributed by atoms with E-state index in [2.05, 4.69) is 62.7 Å². The van der Waals surface area contributed by atoms with E-state index in [4.69, 9.17) is 4.74 Å². The van der Waals surface area contributed by atoms with Crippen LogP contribution in [-0.4, -0.2) is 24.1 Å². The van der Waals surface area contributed by atoms with Gasteiger partial charge in [-0.05, 0) is 55.5 Å².